The zero-order valence-corrected chi connectivity index (χ0v) is 10.0. The van der Waals surface area contributed by atoms with Gasteiger partial charge in [0.1, 0.15) is 0 Å². The highest BCUT2D eigenvalue weighted by Gasteiger charge is 2.15. The van der Waals surface area contributed by atoms with Crippen molar-refractivity contribution in [1.29, 1.82) is 0 Å². The van der Waals surface area contributed by atoms with Crippen LogP contribution in [0.4, 0.5) is 0 Å². The molecular weight excluding hydrogens is 180 g/mol. The maximum atomic E-state index is 2.38. The van der Waals surface area contributed by atoms with Crippen molar-refractivity contribution in [3.05, 3.63) is 24.3 Å². The van der Waals surface area contributed by atoms with E-state index in [2.05, 4.69) is 50.2 Å². The van der Waals surface area contributed by atoms with E-state index in [-0.39, 0.29) is 0 Å². The second-order valence-corrected chi connectivity index (χ2v) is 9.94. The summed E-state index contributed by atoms with van der Waals surface area (Å²) in [6.07, 6.45) is 2.13. The van der Waals surface area contributed by atoms with Crippen molar-refractivity contribution in [2.24, 2.45) is 0 Å². The molecule has 1 aromatic rings. The van der Waals surface area contributed by atoms with E-state index < -0.39 is 8.07 Å². The summed E-state index contributed by atoms with van der Waals surface area (Å²) < 4.78 is 0. The van der Waals surface area contributed by atoms with Crippen LogP contribution in [0.25, 0.3) is 0 Å². The minimum atomic E-state index is -1.09. The van der Waals surface area contributed by atoms with Gasteiger partial charge >= 0.3 is 0 Å². The van der Waals surface area contributed by atoms with E-state index in [9.17, 15) is 0 Å². The van der Waals surface area contributed by atoms with Gasteiger partial charge < -0.3 is 0 Å². The van der Waals surface area contributed by atoms with Crippen LogP contribution in [0.2, 0.25) is 19.6 Å². The van der Waals surface area contributed by atoms with Crippen molar-refractivity contribution >= 4 is 25.0 Å². The van der Waals surface area contributed by atoms with Crippen LogP contribution in [0.1, 0.15) is 0 Å². The van der Waals surface area contributed by atoms with Crippen LogP contribution in [0.3, 0.4) is 0 Å². The average molecular weight is 196 g/mol. The topological polar surface area (TPSA) is 0 Å². The highest BCUT2D eigenvalue weighted by atomic mass is 32.2. The molecule has 0 N–H and O–H groups in total. The molecule has 0 nitrogen and oxygen atoms in total. The zero-order valence-electron chi connectivity index (χ0n) is 8.22. The Balaban J connectivity index is 3.02. The Bertz CT molecular complexity index is 263. The van der Waals surface area contributed by atoms with Crippen molar-refractivity contribution in [3.8, 4) is 0 Å². The van der Waals surface area contributed by atoms with Crippen molar-refractivity contribution in [2.75, 3.05) is 6.26 Å². The van der Waals surface area contributed by atoms with Crippen LogP contribution in [-0.4, -0.2) is 14.3 Å². The standard InChI is InChI=1S/C10H16SSi/c1-11-9-6-5-7-10(8-9)12(2,3)4/h5-8H,1-4H3. The molecule has 66 valence electrons. The third-order valence-electron chi connectivity index (χ3n) is 1.94. The molecule has 0 saturated heterocycles. The molecule has 0 atom stereocenters. The summed E-state index contributed by atoms with van der Waals surface area (Å²) in [7, 11) is -1.09. The molecule has 0 aliphatic heterocycles. The van der Waals surface area contributed by atoms with Crippen molar-refractivity contribution in [1.82, 2.24) is 0 Å². The molecule has 0 fully saturated rings. The lowest BCUT2D eigenvalue weighted by Crippen LogP contribution is -2.37. The Hall–Kier alpha value is -0.213. The summed E-state index contributed by atoms with van der Waals surface area (Å²) in [6.45, 7) is 7.14. The lowest BCUT2D eigenvalue weighted by Gasteiger charge is -2.16. The van der Waals surface area contributed by atoms with E-state index >= 15 is 0 Å². The molecular formula is C10H16SSi. The molecule has 0 saturated carbocycles. The molecule has 0 heterocycles. The van der Waals surface area contributed by atoms with Crippen LogP contribution in [0.5, 0.6) is 0 Å². The lowest BCUT2D eigenvalue weighted by molar-refractivity contribution is 1.48. The first kappa shape index (κ1) is 9.87. The van der Waals surface area contributed by atoms with Crippen molar-refractivity contribution < 1.29 is 0 Å². The van der Waals surface area contributed by atoms with E-state index in [1.807, 2.05) is 11.8 Å². The fourth-order valence-corrected chi connectivity index (χ4v) is 2.84. The third-order valence-corrected chi connectivity index (χ3v) is 4.70. The van der Waals surface area contributed by atoms with E-state index in [4.69, 9.17) is 0 Å². The van der Waals surface area contributed by atoms with E-state index in [1.54, 1.807) is 5.19 Å². The number of hydrogen-bond donors (Lipinski definition) is 0. The van der Waals surface area contributed by atoms with Crippen LogP contribution < -0.4 is 5.19 Å². The molecule has 1 rings (SSSR count). The van der Waals surface area contributed by atoms with E-state index in [0.717, 1.165) is 0 Å². The highest BCUT2D eigenvalue weighted by Crippen LogP contribution is 2.13. The van der Waals surface area contributed by atoms with Gasteiger partial charge in [-0.1, -0.05) is 37.0 Å². The quantitative estimate of drug-likeness (QED) is 0.518. The molecule has 0 bridgehead atoms. The first-order valence-corrected chi connectivity index (χ1v) is 8.91. The smallest absolute Gasteiger partial charge is 0.0776 e. The molecule has 0 spiro atoms. The second kappa shape index (κ2) is 3.67. The van der Waals surface area contributed by atoms with Gasteiger partial charge in [-0.3, -0.25) is 0 Å². The van der Waals surface area contributed by atoms with Gasteiger partial charge in [0.15, 0.2) is 0 Å². The number of rotatable bonds is 2. The van der Waals surface area contributed by atoms with Gasteiger partial charge in [0.05, 0.1) is 8.07 Å². The second-order valence-electron chi connectivity index (χ2n) is 3.98. The Morgan fingerprint density at radius 1 is 1.17 bits per heavy atom. The fraction of sp³-hybridized carbons (Fsp3) is 0.400. The van der Waals surface area contributed by atoms with Gasteiger partial charge in [-0.05, 0) is 18.4 Å². The molecule has 2 heteroatoms. The fourth-order valence-electron chi connectivity index (χ4n) is 1.09. The molecule has 0 aliphatic carbocycles. The summed E-state index contributed by atoms with van der Waals surface area (Å²) >= 11 is 1.82. The Kier molecular flexibility index (Phi) is 3.02. The largest absolute Gasteiger partial charge is 0.130 e. The first-order valence-electron chi connectivity index (χ1n) is 4.18. The summed E-state index contributed by atoms with van der Waals surface area (Å²) in [5.41, 5.74) is 0. The minimum Gasteiger partial charge on any atom is -0.130 e. The van der Waals surface area contributed by atoms with Crippen molar-refractivity contribution in [3.63, 3.8) is 0 Å². The summed E-state index contributed by atoms with van der Waals surface area (Å²) in [4.78, 5) is 1.38. The van der Waals surface area contributed by atoms with E-state index in [0.29, 0.717) is 0 Å². The van der Waals surface area contributed by atoms with E-state index in [1.165, 1.54) is 4.90 Å². The maximum Gasteiger partial charge on any atom is 0.0776 e. The lowest BCUT2D eigenvalue weighted by atomic mass is 10.4. The Labute approximate surface area is 80.4 Å². The summed E-state index contributed by atoms with van der Waals surface area (Å²) in [5, 5.41) is 1.55. The van der Waals surface area contributed by atoms with Crippen LogP contribution in [0.15, 0.2) is 29.2 Å². The highest BCUT2D eigenvalue weighted by molar-refractivity contribution is 7.98. The molecule has 0 radical (unpaired) electrons. The normalized spacial score (nSPS) is 11.7. The maximum absolute atomic E-state index is 2.38. The van der Waals surface area contributed by atoms with Gasteiger partial charge in [0.2, 0.25) is 0 Å². The average Bonchev–Trinajstić information content (AvgIpc) is 2.03. The van der Waals surface area contributed by atoms with Crippen LogP contribution in [0, 0.1) is 0 Å². The predicted octanol–water partition coefficient (Wildman–Crippen LogP) is 2.95. The summed E-state index contributed by atoms with van der Waals surface area (Å²) in [5.74, 6) is 0. The van der Waals surface area contributed by atoms with Crippen LogP contribution in [-0.2, 0) is 0 Å². The molecule has 0 unspecified atom stereocenters. The predicted molar refractivity (Wildman–Crippen MR) is 61.2 cm³/mol. The zero-order chi connectivity index (χ0) is 9.19. The number of benzene rings is 1. The van der Waals surface area contributed by atoms with Gasteiger partial charge in [-0.15, -0.1) is 11.8 Å². The first-order chi connectivity index (χ1) is 5.54. The molecule has 12 heavy (non-hydrogen) atoms. The van der Waals surface area contributed by atoms with Gasteiger partial charge in [0, 0.05) is 4.90 Å². The molecule has 0 aromatic heterocycles. The minimum absolute atomic E-state index is 1.09. The number of hydrogen-bond acceptors (Lipinski definition) is 1. The summed E-state index contributed by atoms with van der Waals surface area (Å²) in [6, 6.07) is 8.93. The Morgan fingerprint density at radius 2 is 1.83 bits per heavy atom. The molecule has 1 aromatic carbocycles. The van der Waals surface area contributed by atoms with Crippen molar-refractivity contribution in [2.45, 2.75) is 24.5 Å². The van der Waals surface area contributed by atoms with Gasteiger partial charge in [-0.2, -0.15) is 0 Å². The Morgan fingerprint density at radius 3 is 2.33 bits per heavy atom. The SMILES string of the molecule is CSc1cccc([Si](C)(C)C)c1. The molecule has 0 amide bonds. The number of thioether (sulfide) groups is 1. The van der Waals surface area contributed by atoms with Crippen LogP contribution >= 0.6 is 11.8 Å². The van der Waals surface area contributed by atoms with Gasteiger partial charge in [0.25, 0.3) is 0 Å². The third kappa shape index (κ3) is 2.39. The monoisotopic (exact) mass is 196 g/mol. The van der Waals surface area contributed by atoms with Gasteiger partial charge in [-0.25, -0.2) is 0 Å². The molecule has 0 aliphatic rings.